The molecule has 4 rings (SSSR count). The molecule has 1 fully saturated rings. The van der Waals surface area contributed by atoms with Gasteiger partial charge >= 0.3 is 6.18 Å². The van der Waals surface area contributed by atoms with E-state index < -0.39 is 11.7 Å². The minimum atomic E-state index is -4.40. The highest BCUT2D eigenvalue weighted by atomic mass is 19.4. The first-order chi connectivity index (χ1) is 15.8. The van der Waals surface area contributed by atoms with Crippen LogP contribution in [-0.4, -0.2) is 52.0 Å². The lowest BCUT2D eigenvalue weighted by atomic mass is 10.2. The van der Waals surface area contributed by atoms with Gasteiger partial charge in [0, 0.05) is 50.7 Å². The number of piperazine rings is 1. The highest BCUT2D eigenvalue weighted by molar-refractivity contribution is 5.89. The molecular weight excluding hydrogens is 437 g/mol. The molecule has 0 bridgehead atoms. The summed E-state index contributed by atoms with van der Waals surface area (Å²) in [6, 6.07) is 9.59. The molecule has 1 aromatic carbocycles. The van der Waals surface area contributed by atoms with E-state index in [0.29, 0.717) is 55.3 Å². The van der Waals surface area contributed by atoms with Crippen LogP contribution < -0.4 is 20.4 Å². The Morgan fingerprint density at radius 1 is 0.970 bits per heavy atom. The van der Waals surface area contributed by atoms with Gasteiger partial charge in [-0.2, -0.15) is 18.2 Å². The summed E-state index contributed by atoms with van der Waals surface area (Å²) in [6.45, 7) is 3.71. The van der Waals surface area contributed by atoms with Crippen molar-refractivity contribution in [2.24, 2.45) is 0 Å². The van der Waals surface area contributed by atoms with Gasteiger partial charge in [0.2, 0.25) is 17.8 Å². The van der Waals surface area contributed by atoms with E-state index in [4.69, 9.17) is 0 Å². The van der Waals surface area contributed by atoms with Crippen LogP contribution in [-0.2, 0) is 11.0 Å². The number of amides is 1. The summed E-state index contributed by atoms with van der Waals surface area (Å²) in [5.74, 6) is 1.18. The monoisotopic (exact) mass is 458 g/mol. The highest BCUT2D eigenvalue weighted by Gasteiger charge is 2.31. The molecule has 0 spiro atoms. The molecule has 0 radical (unpaired) electrons. The predicted octanol–water partition coefficient (Wildman–Crippen LogP) is 3.31. The molecule has 0 atom stereocenters. The molecule has 1 aliphatic heterocycles. The SMILES string of the molecule is CC(=O)Nc1cccc(Nc2ncnc(N3CCN(c4ccc(C(F)(F)F)cn4)CC3)n2)c1. The number of rotatable bonds is 5. The number of nitrogens with one attached hydrogen (secondary N) is 2. The zero-order valence-corrected chi connectivity index (χ0v) is 17.7. The number of hydrogen-bond donors (Lipinski definition) is 2. The van der Waals surface area contributed by atoms with Crippen molar-refractivity contribution in [3.63, 3.8) is 0 Å². The van der Waals surface area contributed by atoms with Crippen LogP contribution in [0.1, 0.15) is 12.5 Å². The van der Waals surface area contributed by atoms with Crippen molar-refractivity contribution in [3.8, 4) is 0 Å². The molecule has 172 valence electrons. The number of anilines is 5. The van der Waals surface area contributed by atoms with Crippen LogP contribution in [0, 0.1) is 0 Å². The first kappa shape index (κ1) is 22.2. The fraction of sp³-hybridized carbons (Fsp3) is 0.286. The molecular formula is C21H21F3N8O. The van der Waals surface area contributed by atoms with Crippen LogP contribution in [0.5, 0.6) is 0 Å². The first-order valence-electron chi connectivity index (χ1n) is 10.1. The van der Waals surface area contributed by atoms with Gasteiger partial charge in [-0.25, -0.2) is 15.0 Å². The maximum absolute atomic E-state index is 12.7. The number of carbonyl (C=O) groups is 1. The van der Waals surface area contributed by atoms with Gasteiger partial charge in [-0.3, -0.25) is 4.79 Å². The largest absolute Gasteiger partial charge is 0.417 e. The van der Waals surface area contributed by atoms with Crippen molar-refractivity contribution in [2.45, 2.75) is 13.1 Å². The predicted molar refractivity (Wildman–Crippen MR) is 118 cm³/mol. The van der Waals surface area contributed by atoms with Gasteiger partial charge in [-0.15, -0.1) is 0 Å². The van der Waals surface area contributed by atoms with Crippen LogP contribution in [0.2, 0.25) is 0 Å². The smallest absolute Gasteiger partial charge is 0.353 e. The summed E-state index contributed by atoms with van der Waals surface area (Å²) in [5.41, 5.74) is 0.587. The Morgan fingerprint density at radius 3 is 2.36 bits per heavy atom. The molecule has 2 N–H and O–H groups in total. The van der Waals surface area contributed by atoms with E-state index in [9.17, 15) is 18.0 Å². The van der Waals surface area contributed by atoms with Crippen LogP contribution in [0.15, 0.2) is 48.9 Å². The molecule has 0 aliphatic carbocycles. The summed E-state index contributed by atoms with van der Waals surface area (Å²) in [5, 5.41) is 5.81. The fourth-order valence-electron chi connectivity index (χ4n) is 3.38. The number of benzene rings is 1. The number of hydrogen-bond acceptors (Lipinski definition) is 8. The van der Waals surface area contributed by atoms with E-state index in [0.717, 1.165) is 12.3 Å². The summed E-state index contributed by atoms with van der Waals surface area (Å²) in [6.07, 6.45) is -2.14. The van der Waals surface area contributed by atoms with E-state index in [1.54, 1.807) is 18.2 Å². The Balaban J connectivity index is 1.38. The summed E-state index contributed by atoms with van der Waals surface area (Å²) >= 11 is 0. The van der Waals surface area contributed by atoms with Gasteiger partial charge in [-0.05, 0) is 30.3 Å². The van der Waals surface area contributed by atoms with Crippen LogP contribution in [0.3, 0.4) is 0 Å². The number of pyridine rings is 1. The number of alkyl halides is 3. The summed E-state index contributed by atoms with van der Waals surface area (Å²) < 4.78 is 38.2. The Kier molecular flexibility index (Phi) is 6.24. The molecule has 3 heterocycles. The second-order valence-electron chi connectivity index (χ2n) is 7.37. The van der Waals surface area contributed by atoms with E-state index in [-0.39, 0.29) is 5.91 Å². The fourth-order valence-corrected chi connectivity index (χ4v) is 3.38. The van der Waals surface area contributed by atoms with Crippen molar-refractivity contribution in [3.05, 3.63) is 54.5 Å². The zero-order chi connectivity index (χ0) is 23.4. The van der Waals surface area contributed by atoms with Crippen molar-refractivity contribution in [1.82, 2.24) is 19.9 Å². The molecule has 1 saturated heterocycles. The van der Waals surface area contributed by atoms with Crippen LogP contribution in [0.25, 0.3) is 0 Å². The van der Waals surface area contributed by atoms with Gasteiger partial charge in [0.1, 0.15) is 12.1 Å². The lowest BCUT2D eigenvalue weighted by Crippen LogP contribution is -2.47. The topological polar surface area (TPSA) is 99.2 Å². The average Bonchev–Trinajstić information content (AvgIpc) is 2.79. The van der Waals surface area contributed by atoms with Crippen molar-refractivity contribution >= 4 is 35.0 Å². The quantitative estimate of drug-likeness (QED) is 0.601. The van der Waals surface area contributed by atoms with Crippen LogP contribution in [0.4, 0.5) is 42.3 Å². The third-order valence-electron chi connectivity index (χ3n) is 4.96. The number of halogens is 3. The summed E-state index contributed by atoms with van der Waals surface area (Å²) in [4.78, 5) is 32.0. The Morgan fingerprint density at radius 2 is 1.70 bits per heavy atom. The molecule has 33 heavy (non-hydrogen) atoms. The summed E-state index contributed by atoms with van der Waals surface area (Å²) in [7, 11) is 0. The number of aromatic nitrogens is 4. The van der Waals surface area contributed by atoms with E-state index in [2.05, 4.69) is 30.6 Å². The maximum Gasteiger partial charge on any atom is 0.417 e. The highest BCUT2D eigenvalue weighted by Crippen LogP contribution is 2.29. The molecule has 2 aromatic heterocycles. The van der Waals surface area contributed by atoms with Gasteiger partial charge in [0.15, 0.2) is 0 Å². The standard InChI is InChI=1S/C21H21F3N8O/c1-14(33)28-16-3-2-4-17(11-16)29-19-26-13-27-20(30-19)32-9-7-31(8-10-32)18-6-5-15(12-25-18)21(22,23)24/h2-6,11-13H,7-10H2,1H3,(H,28,33)(H,26,27,29,30). The van der Waals surface area contributed by atoms with Gasteiger partial charge in [0.05, 0.1) is 5.56 Å². The van der Waals surface area contributed by atoms with E-state index in [1.807, 2.05) is 15.9 Å². The van der Waals surface area contributed by atoms with Crippen molar-refractivity contribution in [2.75, 3.05) is 46.6 Å². The normalized spacial score (nSPS) is 14.2. The third kappa shape index (κ3) is 5.64. The first-order valence-corrected chi connectivity index (χ1v) is 10.1. The van der Waals surface area contributed by atoms with E-state index >= 15 is 0 Å². The lowest BCUT2D eigenvalue weighted by Gasteiger charge is -2.35. The van der Waals surface area contributed by atoms with Gasteiger partial charge in [0.25, 0.3) is 0 Å². The maximum atomic E-state index is 12.7. The Bertz CT molecular complexity index is 1110. The molecule has 3 aromatic rings. The van der Waals surface area contributed by atoms with Gasteiger partial charge in [-0.1, -0.05) is 6.07 Å². The van der Waals surface area contributed by atoms with Crippen molar-refractivity contribution in [1.29, 1.82) is 0 Å². The lowest BCUT2D eigenvalue weighted by molar-refractivity contribution is -0.137. The van der Waals surface area contributed by atoms with Gasteiger partial charge < -0.3 is 20.4 Å². The van der Waals surface area contributed by atoms with E-state index in [1.165, 1.54) is 19.3 Å². The Labute approximate surface area is 187 Å². The van der Waals surface area contributed by atoms with Crippen LogP contribution >= 0.6 is 0 Å². The molecule has 1 amide bonds. The minimum Gasteiger partial charge on any atom is -0.353 e. The number of carbonyl (C=O) groups excluding carboxylic acids is 1. The molecule has 0 saturated carbocycles. The molecule has 12 heteroatoms. The number of nitrogens with zero attached hydrogens (tertiary/aromatic N) is 6. The third-order valence-corrected chi connectivity index (χ3v) is 4.96. The molecule has 1 aliphatic rings. The second kappa shape index (κ2) is 9.27. The molecule has 0 unspecified atom stereocenters. The van der Waals surface area contributed by atoms with Crippen molar-refractivity contribution < 1.29 is 18.0 Å². The minimum absolute atomic E-state index is 0.166. The molecule has 9 nitrogen and oxygen atoms in total. The second-order valence-corrected chi connectivity index (χ2v) is 7.37. The average molecular weight is 458 g/mol. The Hall–Kier alpha value is -3.96. The zero-order valence-electron chi connectivity index (χ0n) is 17.7.